The molecular weight excluding hydrogens is 621 g/mol. The summed E-state index contributed by atoms with van der Waals surface area (Å²) in [5.41, 5.74) is 1.57. The van der Waals surface area contributed by atoms with E-state index in [0.717, 1.165) is 28.0 Å². The van der Waals surface area contributed by atoms with E-state index in [1.165, 1.54) is 60.2 Å². The molecule has 4 aromatic rings. The molecule has 2 aliphatic heterocycles. The fourth-order valence-corrected chi connectivity index (χ4v) is 8.37. The number of anilines is 2. The minimum absolute atomic E-state index is 0.206. The van der Waals surface area contributed by atoms with Gasteiger partial charge in [0, 0.05) is 22.0 Å². The zero-order chi connectivity index (χ0) is 31.8. The second-order valence-corrected chi connectivity index (χ2v) is 12.4. The highest BCUT2D eigenvalue weighted by Gasteiger charge is 2.57. The average molecular weight is 648 g/mol. The van der Waals surface area contributed by atoms with Gasteiger partial charge < -0.3 is 14.8 Å². The molecular formula is C32H26FN3O7S2. The summed E-state index contributed by atoms with van der Waals surface area (Å²) in [6.07, 6.45) is 0. The smallest absolute Gasteiger partial charge is 0.338 e. The van der Waals surface area contributed by atoms with Crippen LogP contribution in [0.4, 0.5) is 15.8 Å². The van der Waals surface area contributed by atoms with Gasteiger partial charge in [-0.25, -0.2) is 14.1 Å². The van der Waals surface area contributed by atoms with Crippen molar-refractivity contribution >= 4 is 58.2 Å². The van der Waals surface area contributed by atoms with E-state index in [0.29, 0.717) is 32.6 Å². The summed E-state index contributed by atoms with van der Waals surface area (Å²) in [5, 5.41) is 2.16. The number of thiazole rings is 1. The first-order valence-corrected chi connectivity index (χ1v) is 15.6. The number of aromatic nitrogens is 1. The Bertz CT molecular complexity index is 1870. The number of hydrogen-bond acceptors (Lipinski definition) is 9. The lowest BCUT2D eigenvalue weighted by Crippen LogP contribution is -2.33. The maximum absolute atomic E-state index is 14.1. The van der Waals surface area contributed by atoms with Gasteiger partial charge in [0.25, 0.3) is 0 Å². The Morgan fingerprint density at radius 2 is 1.67 bits per heavy atom. The molecule has 1 N–H and O–H groups in total. The lowest BCUT2D eigenvalue weighted by molar-refractivity contribution is -0.122. The molecule has 3 heterocycles. The fraction of sp³-hybridized carbons (Fsp3) is 0.219. The van der Waals surface area contributed by atoms with Crippen LogP contribution in [-0.4, -0.2) is 47.2 Å². The Labute approximate surface area is 264 Å². The zero-order valence-corrected chi connectivity index (χ0v) is 25.7. The number of imide groups is 1. The number of rotatable bonds is 8. The number of benzene rings is 3. The molecule has 0 unspecified atom stereocenters. The van der Waals surface area contributed by atoms with Crippen LogP contribution >= 0.6 is 23.1 Å². The van der Waals surface area contributed by atoms with Gasteiger partial charge in [-0.3, -0.25) is 23.7 Å². The van der Waals surface area contributed by atoms with E-state index < -0.39 is 51.5 Å². The molecule has 230 valence electrons. The molecule has 10 nitrogen and oxygen atoms in total. The molecule has 3 aromatic carbocycles. The number of para-hydroxylation sites is 1. The Morgan fingerprint density at radius 3 is 2.36 bits per heavy atom. The van der Waals surface area contributed by atoms with Crippen molar-refractivity contribution in [2.45, 2.75) is 29.7 Å². The van der Waals surface area contributed by atoms with Gasteiger partial charge in [0.15, 0.2) is 0 Å². The van der Waals surface area contributed by atoms with Crippen molar-refractivity contribution in [2.24, 2.45) is 5.92 Å². The van der Waals surface area contributed by atoms with Crippen LogP contribution < -0.4 is 19.8 Å². The topological polar surface area (TPSA) is 124 Å². The first-order chi connectivity index (χ1) is 21.7. The molecule has 1 fully saturated rings. The maximum Gasteiger partial charge on any atom is 0.338 e. The monoisotopic (exact) mass is 647 g/mol. The molecule has 0 radical (unpaired) electrons. The van der Waals surface area contributed by atoms with Crippen molar-refractivity contribution in [2.75, 3.05) is 23.9 Å². The summed E-state index contributed by atoms with van der Waals surface area (Å²) >= 11 is 2.00. The molecule has 2 aliphatic rings. The number of nitrogens with zero attached hydrogens (tertiary/aromatic N) is 2. The largest absolute Gasteiger partial charge is 0.496 e. The summed E-state index contributed by atoms with van der Waals surface area (Å²) in [7, 11) is 1.50. The van der Waals surface area contributed by atoms with Crippen molar-refractivity contribution in [1.82, 2.24) is 4.57 Å². The first kappa shape index (κ1) is 30.3. The fourth-order valence-electron chi connectivity index (χ4n) is 5.61. The highest BCUT2D eigenvalue weighted by atomic mass is 32.2. The number of amides is 3. The van der Waals surface area contributed by atoms with E-state index >= 15 is 0 Å². The average Bonchev–Trinajstić information content (AvgIpc) is 3.48. The quantitative estimate of drug-likeness (QED) is 0.216. The van der Waals surface area contributed by atoms with Crippen LogP contribution in [0.15, 0.2) is 82.6 Å². The van der Waals surface area contributed by atoms with E-state index in [9.17, 15) is 28.4 Å². The Hall–Kier alpha value is -4.75. The van der Waals surface area contributed by atoms with Crippen molar-refractivity contribution in [3.05, 3.63) is 104 Å². The Kier molecular flexibility index (Phi) is 8.30. The van der Waals surface area contributed by atoms with Crippen LogP contribution in [0, 0.1) is 11.7 Å². The minimum atomic E-state index is -0.912. The third kappa shape index (κ3) is 5.53. The third-order valence-electron chi connectivity index (χ3n) is 7.59. The van der Waals surface area contributed by atoms with Crippen LogP contribution in [0.25, 0.3) is 0 Å². The molecule has 0 spiro atoms. The molecule has 0 saturated carbocycles. The van der Waals surface area contributed by atoms with Gasteiger partial charge in [0.1, 0.15) is 23.4 Å². The number of hydrogen-bond donors (Lipinski definition) is 1. The number of carbonyl (C=O) groups is 4. The number of nitrogens with one attached hydrogen (secondary N) is 1. The van der Waals surface area contributed by atoms with Crippen molar-refractivity contribution < 1.29 is 33.0 Å². The molecule has 6 rings (SSSR count). The van der Waals surface area contributed by atoms with Crippen molar-refractivity contribution in [3.63, 3.8) is 0 Å². The van der Waals surface area contributed by atoms with Crippen LogP contribution in [-0.2, 0) is 25.7 Å². The van der Waals surface area contributed by atoms with Crippen LogP contribution in [0.3, 0.4) is 0 Å². The van der Waals surface area contributed by atoms with Gasteiger partial charge in [0.2, 0.25) is 17.7 Å². The predicted octanol–water partition coefficient (Wildman–Crippen LogP) is 4.67. The molecule has 3 amide bonds. The number of thioether (sulfide) groups is 1. The Balaban J connectivity index is 1.39. The number of fused-ring (bicyclic) bond motifs is 2. The van der Waals surface area contributed by atoms with Crippen LogP contribution in [0.5, 0.6) is 5.75 Å². The summed E-state index contributed by atoms with van der Waals surface area (Å²) in [6, 6.07) is 18.4. The summed E-state index contributed by atoms with van der Waals surface area (Å²) < 4.78 is 25.3. The molecule has 0 bridgehead atoms. The second-order valence-electron chi connectivity index (χ2n) is 10.2. The van der Waals surface area contributed by atoms with Gasteiger partial charge in [0.05, 0.1) is 35.9 Å². The second kappa shape index (κ2) is 12.3. The molecule has 1 aromatic heterocycles. The van der Waals surface area contributed by atoms with Gasteiger partial charge >= 0.3 is 10.8 Å². The summed E-state index contributed by atoms with van der Waals surface area (Å²) in [6.45, 7) is 1.55. The van der Waals surface area contributed by atoms with E-state index in [-0.39, 0.29) is 18.7 Å². The van der Waals surface area contributed by atoms with E-state index in [1.807, 2.05) is 0 Å². The number of esters is 1. The Morgan fingerprint density at radius 1 is 0.956 bits per heavy atom. The van der Waals surface area contributed by atoms with E-state index in [4.69, 9.17) is 9.47 Å². The van der Waals surface area contributed by atoms with Crippen LogP contribution in [0.2, 0.25) is 0 Å². The zero-order valence-electron chi connectivity index (χ0n) is 24.0. The van der Waals surface area contributed by atoms with Gasteiger partial charge in [-0.05, 0) is 61.5 Å². The number of methoxy groups -OCH3 is 1. The maximum atomic E-state index is 14.1. The number of carbonyl (C=O) groups excluding carboxylic acids is 4. The first-order valence-electron chi connectivity index (χ1n) is 13.9. The highest BCUT2D eigenvalue weighted by molar-refractivity contribution is 8.00. The lowest BCUT2D eigenvalue weighted by atomic mass is 9.82. The van der Waals surface area contributed by atoms with E-state index in [1.54, 1.807) is 31.2 Å². The normalized spacial score (nSPS) is 18.7. The number of ether oxygens (including phenoxy) is 2. The SMILES string of the molecule is CCOC(=O)c1ccc(N2C(=O)[C@H]3[C@H](c4ccccc4OC)c4sc(=O)n(CC(=O)Nc5ccc(F)cc5)c4S[C@H]3C2=O)cc1. The van der Waals surface area contributed by atoms with Gasteiger partial charge in [-0.1, -0.05) is 41.3 Å². The van der Waals surface area contributed by atoms with Gasteiger partial charge in [-0.15, -0.1) is 0 Å². The molecule has 45 heavy (non-hydrogen) atoms. The summed E-state index contributed by atoms with van der Waals surface area (Å²) in [4.78, 5) is 67.9. The standard InChI is InChI=1S/C32H26FN3O7S2/c1-3-43-31(40)17-8-14-20(15-9-17)36-28(38)25-24(21-6-4-5-7-22(21)42-2)27-30(44-26(25)29(36)39)35(32(41)45-27)16-23(37)34-19-12-10-18(33)11-13-19/h4-15,24-26H,3,16H2,1-2H3,(H,34,37)/t24-,25-,26+/m0/s1. The highest BCUT2D eigenvalue weighted by Crippen LogP contribution is 2.55. The van der Waals surface area contributed by atoms with E-state index in [2.05, 4.69) is 5.32 Å². The van der Waals surface area contributed by atoms with Crippen molar-refractivity contribution in [3.8, 4) is 5.75 Å². The predicted molar refractivity (Wildman–Crippen MR) is 166 cm³/mol. The van der Waals surface area contributed by atoms with Crippen molar-refractivity contribution in [1.29, 1.82) is 0 Å². The number of halogens is 1. The molecule has 1 saturated heterocycles. The molecule has 13 heteroatoms. The lowest BCUT2D eigenvalue weighted by Gasteiger charge is -2.31. The van der Waals surface area contributed by atoms with Gasteiger partial charge in [-0.2, -0.15) is 0 Å². The summed E-state index contributed by atoms with van der Waals surface area (Å²) in [5.74, 6) is -3.54. The van der Waals surface area contributed by atoms with Crippen LogP contribution in [0.1, 0.15) is 33.6 Å². The third-order valence-corrected chi connectivity index (χ3v) is 10.2. The minimum Gasteiger partial charge on any atom is -0.496 e. The molecule has 0 aliphatic carbocycles. The molecule has 3 atom stereocenters.